The van der Waals surface area contributed by atoms with E-state index in [1.54, 1.807) is 6.92 Å². The van der Waals surface area contributed by atoms with Crippen LogP contribution in [0.2, 0.25) is 0 Å². The van der Waals surface area contributed by atoms with Gasteiger partial charge in [0.2, 0.25) is 0 Å². The normalized spacial score (nSPS) is 15.2. The van der Waals surface area contributed by atoms with E-state index >= 15 is 0 Å². The summed E-state index contributed by atoms with van der Waals surface area (Å²) in [5.74, 6) is -1.28. The van der Waals surface area contributed by atoms with Crippen LogP contribution >= 0.6 is 0 Å². The van der Waals surface area contributed by atoms with E-state index in [-0.39, 0.29) is 6.54 Å². The quantitative estimate of drug-likeness (QED) is 0.676. The first-order chi connectivity index (χ1) is 4.45. The van der Waals surface area contributed by atoms with Crippen LogP contribution in [0.25, 0.3) is 0 Å². The molecule has 0 heterocycles. The van der Waals surface area contributed by atoms with E-state index in [0.29, 0.717) is 0 Å². The van der Waals surface area contributed by atoms with Gasteiger partial charge in [-0.3, -0.25) is 0 Å². The van der Waals surface area contributed by atoms with Gasteiger partial charge >= 0.3 is 6.18 Å². The van der Waals surface area contributed by atoms with Gasteiger partial charge in [-0.05, 0) is 0 Å². The van der Waals surface area contributed by atoms with Crippen molar-refractivity contribution in [2.45, 2.75) is 13.1 Å². The lowest BCUT2D eigenvalue weighted by atomic mass is 10.8. The van der Waals surface area contributed by atoms with Crippen molar-refractivity contribution < 1.29 is 17.4 Å². The minimum atomic E-state index is -4.34. The first kappa shape index (κ1) is 9.90. The third-order valence-electron chi connectivity index (χ3n) is 0.600. The molecule has 1 unspecified atom stereocenters. The molecule has 0 rings (SSSR count). The van der Waals surface area contributed by atoms with Gasteiger partial charge in [0.1, 0.15) is 16.7 Å². The monoisotopic (exact) mass is 175 g/mol. The van der Waals surface area contributed by atoms with Crippen LogP contribution in [0.3, 0.4) is 0 Å². The van der Waals surface area contributed by atoms with Gasteiger partial charge in [0, 0.05) is 6.54 Å². The number of hydrogen-bond donors (Lipinski definition) is 1. The molecule has 0 aliphatic heterocycles. The molecule has 1 atom stereocenters. The minimum Gasteiger partial charge on any atom is -0.243 e. The lowest BCUT2D eigenvalue weighted by molar-refractivity contribution is -0.105. The maximum Gasteiger partial charge on any atom is 0.401 e. The van der Waals surface area contributed by atoms with E-state index in [9.17, 15) is 17.4 Å². The molecule has 62 valence electrons. The van der Waals surface area contributed by atoms with E-state index in [1.165, 1.54) is 0 Å². The zero-order valence-corrected chi connectivity index (χ0v) is 6.18. The van der Waals surface area contributed by atoms with Gasteiger partial charge in [0.25, 0.3) is 0 Å². The van der Waals surface area contributed by atoms with E-state index in [4.69, 9.17) is 0 Å². The van der Waals surface area contributed by atoms with Crippen molar-refractivity contribution in [2.75, 3.05) is 12.3 Å². The van der Waals surface area contributed by atoms with Gasteiger partial charge < -0.3 is 0 Å². The lowest BCUT2D eigenvalue weighted by Gasteiger charge is -2.04. The fraction of sp³-hybridized carbons (Fsp3) is 1.00. The summed E-state index contributed by atoms with van der Waals surface area (Å²) < 4.78 is 46.7. The topological polar surface area (TPSA) is 29.1 Å². The summed E-state index contributed by atoms with van der Waals surface area (Å²) in [4.78, 5) is 0. The molecular formula is C4H8F3NOS. The zero-order valence-electron chi connectivity index (χ0n) is 5.36. The Balaban J connectivity index is 3.58. The number of alkyl halides is 3. The fourth-order valence-electron chi connectivity index (χ4n) is 0.361. The second-order valence-electron chi connectivity index (χ2n) is 1.60. The molecular weight excluding hydrogens is 167 g/mol. The van der Waals surface area contributed by atoms with Crippen molar-refractivity contribution in [3.63, 3.8) is 0 Å². The smallest absolute Gasteiger partial charge is 0.243 e. The van der Waals surface area contributed by atoms with Gasteiger partial charge in [-0.15, -0.1) is 0 Å². The molecule has 2 nitrogen and oxygen atoms in total. The maximum atomic E-state index is 11.4. The highest BCUT2D eigenvalue weighted by atomic mass is 32.2. The number of halogens is 3. The molecule has 0 aromatic rings. The second kappa shape index (κ2) is 3.92. The predicted molar refractivity (Wildman–Crippen MR) is 32.7 cm³/mol. The van der Waals surface area contributed by atoms with E-state index in [2.05, 4.69) is 4.72 Å². The summed E-state index contributed by atoms with van der Waals surface area (Å²) in [6, 6.07) is 0. The molecule has 0 aromatic heterocycles. The van der Waals surface area contributed by atoms with Crippen LogP contribution in [-0.4, -0.2) is 22.7 Å². The van der Waals surface area contributed by atoms with Crippen molar-refractivity contribution in [3.8, 4) is 0 Å². The van der Waals surface area contributed by atoms with E-state index < -0.39 is 22.9 Å². The Morgan fingerprint density at radius 3 is 2.30 bits per heavy atom. The Hall–Kier alpha value is -0.100. The Morgan fingerprint density at radius 2 is 2.00 bits per heavy atom. The average molecular weight is 175 g/mol. The number of hydrogen-bond acceptors (Lipinski definition) is 1. The van der Waals surface area contributed by atoms with Crippen LogP contribution in [0, 0.1) is 0 Å². The predicted octanol–water partition coefficient (Wildman–Crippen LogP) is 0.822. The van der Waals surface area contributed by atoms with Crippen molar-refractivity contribution in [1.82, 2.24) is 4.72 Å². The van der Waals surface area contributed by atoms with Crippen molar-refractivity contribution in [3.05, 3.63) is 0 Å². The molecule has 0 spiro atoms. The molecule has 0 aromatic carbocycles. The largest absolute Gasteiger partial charge is 0.401 e. The molecule has 0 radical (unpaired) electrons. The molecule has 6 heteroatoms. The summed E-state index contributed by atoms with van der Waals surface area (Å²) >= 11 is 0. The Labute approximate surface area is 59.4 Å². The van der Waals surface area contributed by atoms with E-state index in [0.717, 1.165) is 0 Å². The van der Waals surface area contributed by atoms with Crippen molar-refractivity contribution >= 4 is 11.0 Å². The van der Waals surface area contributed by atoms with Gasteiger partial charge in [0.15, 0.2) is 0 Å². The molecule has 0 amide bonds. The zero-order chi connectivity index (χ0) is 8.20. The molecule has 0 saturated heterocycles. The Bertz CT molecular complexity index is 124. The molecule has 1 N–H and O–H groups in total. The average Bonchev–Trinajstić information content (AvgIpc) is 1.59. The highest BCUT2D eigenvalue weighted by Crippen LogP contribution is 2.14. The van der Waals surface area contributed by atoms with Gasteiger partial charge in [0.05, 0.1) is 0 Å². The summed E-state index contributed by atoms with van der Waals surface area (Å²) in [5, 5.41) is 0. The number of nitrogens with one attached hydrogen (secondary N) is 1. The highest BCUT2D eigenvalue weighted by molar-refractivity contribution is 7.83. The standard InChI is InChI=1S/C4H8F3NOS/c1-2-8-10(9)3-4(5,6)7/h8H,2-3H2,1H3. The Morgan fingerprint density at radius 1 is 1.50 bits per heavy atom. The highest BCUT2D eigenvalue weighted by Gasteiger charge is 2.30. The van der Waals surface area contributed by atoms with Gasteiger partial charge in [-0.1, -0.05) is 6.92 Å². The first-order valence-electron chi connectivity index (χ1n) is 2.64. The van der Waals surface area contributed by atoms with Crippen molar-refractivity contribution in [2.24, 2.45) is 0 Å². The summed E-state index contributed by atoms with van der Waals surface area (Å²) in [7, 11) is -1.96. The SMILES string of the molecule is CCNS(=O)CC(F)(F)F. The third-order valence-corrected chi connectivity index (χ3v) is 1.80. The maximum absolute atomic E-state index is 11.4. The van der Waals surface area contributed by atoms with Crippen LogP contribution in [0.4, 0.5) is 13.2 Å². The molecule has 10 heavy (non-hydrogen) atoms. The molecule has 0 fully saturated rings. The second-order valence-corrected chi connectivity index (χ2v) is 2.87. The lowest BCUT2D eigenvalue weighted by Crippen LogP contribution is -2.27. The molecule has 0 aliphatic rings. The summed E-state index contributed by atoms with van der Waals surface area (Å²) in [6.45, 7) is 1.87. The number of rotatable bonds is 3. The Kier molecular flexibility index (Phi) is 3.88. The summed E-state index contributed by atoms with van der Waals surface area (Å²) in [6.07, 6.45) is -4.34. The fourth-order valence-corrected chi connectivity index (χ4v) is 1.08. The van der Waals surface area contributed by atoms with Gasteiger partial charge in [-0.2, -0.15) is 13.2 Å². The van der Waals surface area contributed by atoms with E-state index in [1.807, 2.05) is 0 Å². The van der Waals surface area contributed by atoms with Gasteiger partial charge in [-0.25, -0.2) is 8.93 Å². The van der Waals surface area contributed by atoms with Crippen LogP contribution in [0.15, 0.2) is 0 Å². The molecule has 0 saturated carbocycles. The van der Waals surface area contributed by atoms with Crippen LogP contribution in [0.5, 0.6) is 0 Å². The van der Waals surface area contributed by atoms with Crippen LogP contribution in [-0.2, 0) is 11.0 Å². The van der Waals surface area contributed by atoms with Crippen LogP contribution < -0.4 is 4.72 Å². The minimum absolute atomic E-state index is 0.280. The molecule has 0 bridgehead atoms. The van der Waals surface area contributed by atoms with Crippen molar-refractivity contribution in [1.29, 1.82) is 0 Å². The van der Waals surface area contributed by atoms with Crippen LogP contribution in [0.1, 0.15) is 6.92 Å². The first-order valence-corrected chi connectivity index (χ1v) is 3.96. The summed E-state index contributed by atoms with van der Waals surface area (Å²) in [5.41, 5.74) is 0. The third kappa shape index (κ3) is 6.03. The molecule has 0 aliphatic carbocycles.